The zero-order valence-corrected chi connectivity index (χ0v) is 14.9. The lowest BCUT2D eigenvalue weighted by Gasteiger charge is -2.36. The van der Waals surface area contributed by atoms with Crippen LogP contribution in [0.25, 0.3) is 10.4 Å². The van der Waals surface area contributed by atoms with Gasteiger partial charge in [0.25, 0.3) is 0 Å². The second-order valence-corrected chi connectivity index (χ2v) is 11.6. The molecule has 126 valence electrons. The monoisotopic (exact) mass is 341 g/mol. The van der Waals surface area contributed by atoms with Crippen molar-refractivity contribution in [2.45, 2.75) is 51.6 Å². The number of Topliss-reactive ketones (excluding diaryl/α,β-unsaturated/α-hetero) is 1. The zero-order chi connectivity index (χ0) is 17.9. The van der Waals surface area contributed by atoms with Crippen LogP contribution in [0.1, 0.15) is 36.7 Å². The van der Waals surface area contributed by atoms with E-state index >= 15 is 0 Å². The highest BCUT2D eigenvalue weighted by Crippen LogP contribution is 2.37. The Bertz CT molecular complexity index is 619. The van der Waals surface area contributed by atoms with Gasteiger partial charge in [-0.3, -0.25) is 4.79 Å². The average Bonchev–Trinajstić information content (AvgIpc) is 2.43. The maximum absolute atomic E-state index is 13.3. The maximum atomic E-state index is 13.3. The van der Waals surface area contributed by atoms with Crippen LogP contribution in [-0.2, 0) is 11.0 Å². The summed E-state index contributed by atoms with van der Waals surface area (Å²) in [7, 11) is -1.91. The second-order valence-electron chi connectivity index (χ2n) is 6.81. The number of carbonyl (C=O) groups is 1. The summed E-state index contributed by atoms with van der Waals surface area (Å²) in [4.78, 5) is 13.6. The summed E-state index contributed by atoms with van der Waals surface area (Å²) < 4.78 is 32.5. The van der Waals surface area contributed by atoms with Crippen molar-refractivity contribution < 1.29 is 18.0 Å². The van der Waals surface area contributed by atoms with E-state index in [0.29, 0.717) is 6.61 Å². The molecule has 23 heavy (non-hydrogen) atoms. The Hall–Kier alpha value is -1.76. The summed E-state index contributed by atoms with van der Waals surface area (Å²) >= 11 is 0. The van der Waals surface area contributed by atoms with E-state index in [1.54, 1.807) is 12.1 Å². The Morgan fingerprint density at radius 1 is 1.26 bits per heavy atom. The van der Waals surface area contributed by atoms with Crippen molar-refractivity contribution in [1.82, 2.24) is 0 Å². The Morgan fingerprint density at radius 2 is 1.78 bits per heavy atom. The first-order valence-corrected chi connectivity index (χ1v) is 10.0. The molecule has 1 aromatic rings. The molecule has 0 unspecified atom stereocenters. The quantitative estimate of drug-likeness (QED) is 0.176. The molecular weight excluding hydrogens is 320 g/mol. The summed E-state index contributed by atoms with van der Waals surface area (Å²) in [5, 5.41) is 2.30. The van der Waals surface area contributed by atoms with Gasteiger partial charge in [-0.15, -0.1) is 0 Å². The first-order valence-electron chi connectivity index (χ1n) is 7.12. The summed E-state index contributed by atoms with van der Waals surface area (Å²) in [5.41, 5.74) is 8.65. The molecule has 0 fully saturated rings. The largest absolute Gasteiger partial charge is 0.413 e. The average molecular weight is 341 g/mol. The van der Waals surface area contributed by atoms with Crippen LogP contribution < -0.4 is 0 Å². The van der Waals surface area contributed by atoms with E-state index in [1.165, 1.54) is 12.1 Å². The fourth-order valence-electron chi connectivity index (χ4n) is 1.51. The molecule has 1 rings (SSSR count). The van der Waals surface area contributed by atoms with E-state index < -0.39 is 20.1 Å². The third kappa shape index (κ3) is 4.85. The van der Waals surface area contributed by atoms with E-state index in [0.717, 1.165) is 5.56 Å². The molecule has 5 nitrogen and oxygen atoms in total. The third-order valence-corrected chi connectivity index (χ3v) is 8.54. The zero-order valence-electron chi connectivity index (χ0n) is 13.9. The highest BCUT2D eigenvalue weighted by Gasteiger charge is 2.38. The van der Waals surface area contributed by atoms with Crippen LogP contribution in [0.4, 0.5) is 8.78 Å². The van der Waals surface area contributed by atoms with Crippen LogP contribution in [0.5, 0.6) is 0 Å². The number of carbonyl (C=O) groups excluding carboxylic acids is 1. The molecule has 0 atom stereocenters. The van der Waals surface area contributed by atoms with Crippen molar-refractivity contribution in [3.63, 3.8) is 0 Å². The van der Waals surface area contributed by atoms with Gasteiger partial charge in [0.15, 0.2) is 8.32 Å². The van der Waals surface area contributed by atoms with Crippen molar-refractivity contribution >= 4 is 14.1 Å². The molecule has 8 heteroatoms. The normalized spacial score (nSPS) is 12.7. The number of ketones is 1. The summed E-state index contributed by atoms with van der Waals surface area (Å²) in [5.74, 6) is -1.52. The highest BCUT2D eigenvalue weighted by molar-refractivity contribution is 6.74. The van der Waals surface area contributed by atoms with Crippen LogP contribution in [0.15, 0.2) is 29.4 Å². The summed E-state index contributed by atoms with van der Waals surface area (Å²) in [6, 6.07) is 1.62. The minimum atomic E-state index is -4.08. The van der Waals surface area contributed by atoms with E-state index in [-0.39, 0.29) is 10.6 Å². The standard InChI is InChI=1S/C15H21F2N3O2Si/c1-14(2,3)23(4,5)22-10-11-6-8-12(9-7-11)13(21)15(16,17)19-20-18/h6-9H,10H2,1-5H3. The molecular formula is C15H21F2N3O2Si. The van der Waals surface area contributed by atoms with Crippen LogP contribution in [0.2, 0.25) is 18.1 Å². The van der Waals surface area contributed by atoms with Crippen molar-refractivity contribution in [2.24, 2.45) is 5.11 Å². The number of alkyl halides is 2. The van der Waals surface area contributed by atoms with Gasteiger partial charge in [0.2, 0.25) is 5.78 Å². The number of rotatable bonds is 6. The Morgan fingerprint density at radius 3 is 2.22 bits per heavy atom. The molecule has 1 aromatic carbocycles. The highest BCUT2D eigenvalue weighted by atomic mass is 28.4. The van der Waals surface area contributed by atoms with Crippen LogP contribution in [0, 0.1) is 0 Å². The SMILES string of the molecule is CC(C)(C)[Si](C)(C)OCc1ccc(C(=O)C(F)(F)N=[N+]=[N-])cc1. The predicted molar refractivity (Wildman–Crippen MR) is 86.9 cm³/mol. The number of azide groups is 1. The number of hydrogen-bond acceptors (Lipinski definition) is 3. The Kier molecular flexibility index (Phi) is 5.68. The minimum absolute atomic E-state index is 0.0697. The van der Waals surface area contributed by atoms with Gasteiger partial charge in [-0.2, -0.15) is 8.78 Å². The Labute approximate surface area is 135 Å². The fourth-order valence-corrected chi connectivity index (χ4v) is 2.47. The first kappa shape index (κ1) is 19.3. The lowest BCUT2D eigenvalue weighted by molar-refractivity contribution is 0.0148. The van der Waals surface area contributed by atoms with Gasteiger partial charge in [-0.1, -0.05) is 45.0 Å². The smallest absolute Gasteiger partial charge is 0.387 e. The lowest BCUT2D eigenvalue weighted by atomic mass is 10.1. The maximum Gasteiger partial charge on any atom is 0.387 e. The van der Waals surface area contributed by atoms with Gasteiger partial charge in [-0.25, -0.2) is 0 Å². The van der Waals surface area contributed by atoms with Gasteiger partial charge in [0, 0.05) is 10.5 Å². The molecule has 0 saturated heterocycles. The molecule has 0 aromatic heterocycles. The minimum Gasteiger partial charge on any atom is -0.413 e. The van der Waals surface area contributed by atoms with Crippen molar-refractivity contribution in [3.05, 3.63) is 45.8 Å². The van der Waals surface area contributed by atoms with Crippen LogP contribution in [0.3, 0.4) is 0 Å². The fraction of sp³-hybridized carbons (Fsp3) is 0.533. The van der Waals surface area contributed by atoms with Gasteiger partial charge in [-0.05, 0) is 34.3 Å². The molecule has 0 aliphatic carbocycles. The second kappa shape index (κ2) is 6.78. The van der Waals surface area contributed by atoms with E-state index in [9.17, 15) is 13.6 Å². The van der Waals surface area contributed by atoms with E-state index in [1.807, 2.05) is 4.91 Å². The number of nitrogens with zero attached hydrogens (tertiary/aromatic N) is 3. The van der Waals surface area contributed by atoms with Crippen molar-refractivity contribution in [1.29, 1.82) is 0 Å². The van der Waals surface area contributed by atoms with Crippen LogP contribution in [-0.4, -0.2) is 20.1 Å². The lowest BCUT2D eigenvalue weighted by Crippen LogP contribution is -2.40. The topological polar surface area (TPSA) is 75.1 Å². The first-order chi connectivity index (χ1) is 10.4. The van der Waals surface area contributed by atoms with E-state index in [4.69, 9.17) is 9.96 Å². The molecule has 0 spiro atoms. The molecule has 0 saturated carbocycles. The van der Waals surface area contributed by atoms with Gasteiger partial charge >= 0.3 is 6.05 Å². The van der Waals surface area contributed by atoms with Gasteiger partial charge < -0.3 is 4.43 Å². The molecule has 0 amide bonds. The molecule has 0 radical (unpaired) electrons. The van der Waals surface area contributed by atoms with Gasteiger partial charge in [0.1, 0.15) is 0 Å². The molecule has 0 heterocycles. The number of benzene rings is 1. The van der Waals surface area contributed by atoms with E-state index in [2.05, 4.69) is 39.0 Å². The Balaban J connectivity index is 2.82. The predicted octanol–water partition coefficient (Wildman–Crippen LogP) is 5.29. The van der Waals surface area contributed by atoms with Gasteiger partial charge in [0.05, 0.1) is 6.61 Å². The molecule has 0 aliphatic heterocycles. The van der Waals surface area contributed by atoms with Crippen molar-refractivity contribution in [3.8, 4) is 0 Å². The molecule has 0 N–H and O–H groups in total. The number of halogens is 2. The van der Waals surface area contributed by atoms with Crippen molar-refractivity contribution in [2.75, 3.05) is 0 Å². The molecule has 0 bridgehead atoms. The third-order valence-electron chi connectivity index (χ3n) is 4.07. The van der Waals surface area contributed by atoms with Crippen LogP contribution >= 0.6 is 0 Å². The molecule has 0 aliphatic rings. The number of hydrogen-bond donors (Lipinski definition) is 0. The summed E-state index contributed by atoms with van der Waals surface area (Å²) in [6.07, 6.45) is 0. The summed E-state index contributed by atoms with van der Waals surface area (Å²) in [6.45, 7) is 11.0.